The smallest absolute Gasteiger partial charge is 0.115 e. The van der Waals surface area contributed by atoms with Crippen molar-refractivity contribution < 1.29 is 4.74 Å². The molecule has 1 saturated heterocycles. The van der Waals surface area contributed by atoms with Crippen molar-refractivity contribution >= 4 is 10.8 Å². The molecule has 3 atom stereocenters. The number of hydrogen-bond acceptors (Lipinski definition) is 2. The summed E-state index contributed by atoms with van der Waals surface area (Å²) in [5.41, 5.74) is 1.48. The van der Waals surface area contributed by atoms with Crippen LogP contribution >= 0.6 is 0 Å². The monoisotopic (exact) mass is 313 g/mol. The fourth-order valence-corrected chi connectivity index (χ4v) is 3.55. The van der Waals surface area contributed by atoms with E-state index in [1.807, 2.05) is 13.8 Å². The molecule has 23 heavy (non-hydrogen) atoms. The maximum atomic E-state index is 6.18. The van der Waals surface area contributed by atoms with Gasteiger partial charge in [0.25, 0.3) is 0 Å². The van der Waals surface area contributed by atoms with Gasteiger partial charge in [0.2, 0.25) is 0 Å². The van der Waals surface area contributed by atoms with Crippen LogP contribution < -0.4 is 5.32 Å². The second-order valence-corrected chi connectivity index (χ2v) is 6.96. The first-order valence-corrected chi connectivity index (χ1v) is 8.87. The number of rotatable bonds is 2. The van der Waals surface area contributed by atoms with Gasteiger partial charge in [-0.05, 0) is 43.5 Å². The molecule has 0 radical (unpaired) electrons. The Balaban J connectivity index is 0.000000924. The Morgan fingerprint density at radius 3 is 2.43 bits per heavy atom. The van der Waals surface area contributed by atoms with E-state index < -0.39 is 0 Å². The molecule has 1 aliphatic heterocycles. The van der Waals surface area contributed by atoms with Crippen molar-refractivity contribution in [3.8, 4) is 0 Å². The van der Waals surface area contributed by atoms with Crippen molar-refractivity contribution in [3.05, 3.63) is 48.0 Å². The fraction of sp³-hybridized carbons (Fsp3) is 0.524. The lowest BCUT2D eigenvalue weighted by Crippen LogP contribution is -2.56. The third-order valence-corrected chi connectivity index (χ3v) is 4.48. The van der Waals surface area contributed by atoms with Crippen LogP contribution in [-0.2, 0) is 4.74 Å². The predicted octanol–water partition coefficient (Wildman–Crippen LogP) is 5.47. The zero-order valence-corrected chi connectivity index (χ0v) is 15.4. The van der Waals surface area contributed by atoms with Crippen LogP contribution in [0.3, 0.4) is 0 Å². The zero-order valence-electron chi connectivity index (χ0n) is 15.4. The highest BCUT2D eigenvalue weighted by molar-refractivity contribution is 5.86. The molecule has 1 aliphatic rings. The maximum Gasteiger partial charge on any atom is 0.115 e. The third-order valence-electron chi connectivity index (χ3n) is 4.48. The van der Waals surface area contributed by atoms with Gasteiger partial charge in [-0.2, -0.15) is 0 Å². The molecule has 3 rings (SSSR count). The standard InChI is InChI=1S/C19H25NO.C2H6/c1-13-12-19(3,4)20-18(21-13)14(2)16-11-7-9-15-8-5-6-10-17(15)16;1-2/h5-11,13-14,18,20H,12H2,1-4H3;1-2H3. The molecule has 1 fully saturated rings. The Kier molecular flexibility index (Phi) is 5.83. The van der Waals surface area contributed by atoms with E-state index >= 15 is 0 Å². The number of nitrogens with one attached hydrogen (secondary N) is 1. The molecular weight excluding hydrogens is 282 g/mol. The summed E-state index contributed by atoms with van der Waals surface area (Å²) in [6.45, 7) is 12.9. The van der Waals surface area contributed by atoms with Gasteiger partial charge in [-0.3, -0.25) is 5.32 Å². The molecule has 0 bridgehead atoms. The fourth-order valence-electron chi connectivity index (χ4n) is 3.55. The first-order valence-electron chi connectivity index (χ1n) is 8.87. The van der Waals surface area contributed by atoms with Gasteiger partial charge in [-0.15, -0.1) is 0 Å². The van der Waals surface area contributed by atoms with E-state index in [0.717, 1.165) is 6.42 Å². The van der Waals surface area contributed by atoms with Crippen molar-refractivity contribution in [2.24, 2.45) is 0 Å². The van der Waals surface area contributed by atoms with Gasteiger partial charge in [0.1, 0.15) is 6.23 Å². The first kappa shape index (κ1) is 18.0. The minimum Gasteiger partial charge on any atom is -0.360 e. The van der Waals surface area contributed by atoms with Crippen LogP contribution in [-0.4, -0.2) is 17.9 Å². The molecule has 2 heteroatoms. The molecule has 1 heterocycles. The van der Waals surface area contributed by atoms with E-state index in [1.54, 1.807) is 0 Å². The molecule has 0 saturated carbocycles. The van der Waals surface area contributed by atoms with E-state index in [0.29, 0.717) is 12.0 Å². The number of benzene rings is 2. The molecular formula is C21H31NO. The SMILES string of the molecule is CC.CC1CC(C)(C)NC(C(C)c2cccc3ccccc23)O1. The Hall–Kier alpha value is -1.38. The number of fused-ring (bicyclic) bond motifs is 1. The average Bonchev–Trinajstić information content (AvgIpc) is 2.53. The van der Waals surface area contributed by atoms with Crippen molar-refractivity contribution in [2.45, 2.75) is 71.8 Å². The van der Waals surface area contributed by atoms with Crippen LogP contribution in [0.4, 0.5) is 0 Å². The lowest BCUT2D eigenvalue weighted by atomic mass is 9.89. The Morgan fingerprint density at radius 2 is 1.74 bits per heavy atom. The third kappa shape index (κ3) is 4.13. The molecule has 2 aromatic carbocycles. The van der Waals surface area contributed by atoms with Gasteiger partial charge >= 0.3 is 0 Å². The summed E-state index contributed by atoms with van der Waals surface area (Å²) in [5.74, 6) is 0.318. The van der Waals surface area contributed by atoms with Crippen LogP contribution in [0.5, 0.6) is 0 Å². The average molecular weight is 313 g/mol. The summed E-state index contributed by atoms with van der Waals surface area (Å²) in [6, 6.07) is 15.1. The Morgan fingerprint density at radius 1 is 1.09 bits per heavy atom. The lowest BCUT2D eigenvalue weighted by molar-refractivity contribution is -0.0963. The van der Waals surface area contributed by atoms with Crippen molar-refractivity contribution in [2.75, 3.05) is 0 Å². The zero-order chi connectivity index (χ0) is 17.0. The Bertz CT molecular complexity index is 629. The van der Waals surface area contributed by atoms with E-state index in [-0.39, 0.29) is 11.8 Å². The molecule has 0 aromatic heterocycles. The van der Waals surface area contributed by atoms with Gasteiger partial charge in [-0.1, -0.05) is 63.2 Å². The van der Waals surface area contributed by atoms with Gasteiger partial charge in [0.15, 0.2) is 0 Å². The predicted molar refractivity (Wildman–Crippen MR) is 99.9 cm³/mol. The van der Waals surface area contributed by atoms with Crippen LogP contribution in [0.1, 0.15) is 59.4 Å². The van der Waals surface area contributed by atoms with Gasteiger partial charge < -0.3 is 4.74 Å². The molecule has 0 amide bonds. The largest absolute Gasteiger partial charge is 0.360 e. The van der Waals surface area contributed by atoms with Crippen molar-refractivity contribution in [3.63, 3.8) is 0 Å². The van der Waals surface area contributed by atoms with Gasteiger partial charge in [0, 0.05) is 11.5 Å². The summed E-state index contributed by atoms with van der Waals surface area (Å²) in [6.07, 6.45) is 1.41. The highest BCUT2D eigenvalue weighted by atomic mass is 16.5. The van der Waals surface area contributed by atoms with Crippen LogP contribution in [0.25, 0.3) is 10.8 Å². The van der Waals surface area contributed by atoms with Crippen molar-refractivity contribution in [1.29, 1.82) is 0 Å². The van der Waals surface area contributed by atoms with Gasteiger partial charge in [0.05, 0.1) is 6.10 Å². The molecule has 2 aromatic rings. The number of ether oxygens (including phenoxy) is 1. The number of hydrogen-bond donors (Lipinski definition) is 1. The minimum absolute atomic E-state index is 0.0644. The highest BCUT2D eigenvalue weighted by Gasteiger charge is 2.35. The summed E-state index contributed by atoms with van der Waals surface area (Å²) >= 11 is 0. The molecule has 0 spiro atoms. The second kappa shape index (κ2) is 7.46. The first-order chi connectivity index (χ1) is 11.0. The summed E-state index contributed by atoms with van der Waals surface area (Å²) in [7, 11) is 0. The maximum absolute atomic E-state index is 6.18. The van der Waals surface area contributed by atoms with Crippen molar-refractivity contribution in [1.82, 2.24) is 5.32 Å². The molecule has 0 aliphatic carbocycles. The van der Waals surface area contributed by atoms with E-state index in [1.165, 1.54) is 16.3 Å². The summed E-state index contributed by atoms with van der Waals surface area (Å²) in [5, 5.41) is 6.29. The molecule has 1 N–H and O–H groups in total. The van der Waals surface area contributed by atoms with E-state index in [4.69, 9.17) is 4.74 Å². The highest BCUT2D eigenvalue weighted by Crippen LogP contribution is 2.32. The lowest BCUT2D eigenvalue weighted by Gasteiger charge is -2.43. The topological polar surface area (TPSA) is 21.3 Å². The quantitative estimate of drug-likeness (QED) is 0.793. The van der Waals surface area contributed by atoms with Crippen LogP contribution in [0.15, 0.2) is 42.5 Å². The van der Waals surface area contributed by atoms with Crippen LogP contribution in [0.2, 0.25) is 0 Å². The van der Waals surface area contributed by atoms with E-state index in [9.17, 15) is 0 Å². The Labute approximate surface area is 141 Å². The molecule has 126 valence electrons. The van der Waals surface area contributed by atoms with Gasteiger partial charge in [-0.25, -0.2) is 0 Å². The molecule has 3 unspecified atom stereocenters. The van der Waals surface area contributed by atoms with Crippen LogP contribution in [0, 0.1) is 0 Å². The minimum atomic E-state index is 0.0644. The normalized spacial score (nSPS) is 24.6. The summed E-state index contributed by atoms with van der Waals surface area (Å²) in [4.78, 5) is 0. The molecule has 2 nitrogen and oxygen atoms in total. The summed E-state index contributed by atoms with van der Waals surface area (Å²) < 4.78 is 6.18. The second-order valence-electron chi connectivity index (χ2n) is 6.96. The van der Waals surface area contributed by atoms with E-state index in [2.05, 4.69) is 75.5 Å².